The molecule has 4 aromatic carbocycles. The number of anilines is 1. The molecule has 46 heavy (non-hydrogen) atoms. The summed E-state index contributed by atoms with van der Waals surface area (Å²) in [4.78, 5) is 13.7. The Hall–Kier alpha value is -4.66. The lowest BCUT2D eigenvalue weighted by atomic mass is 10.1. The summed E-state index contributed by atoms with van der Waals surface area (Å²) in [5.74, 6) is 2.54. The molecule has 1 aliphatic rings. The molecule has 0 unspecified atom stereocenters. The molecule has 0 amide bonds. The van der Waals surface area contributed by atoms with Gasteiger partial charge >= 0.3 is 0 Å². The largest absolute Gasteiger partial charge is 0.497 e. The Kier molecular flexibility index (Phi) is 8.72. The number of pyridine rings is 1. The number of aromatic amines is 1. The van der Waals surface area contributed by atoms with Crippen LogP contribution >= 0.6 is 12.2 Å². The van der Waals surface area contributed by atoms with Gasteiger partial charge in [0.2, 0.25) is 0 Å². The Bertz CT molecular complexity index is 1940. The lowest BCUT2D eigenvalue weighted by Crippen LogP contribution is -2.23. The number of H-pyrrole nitrogens is 1. The summed E-state index contributed by atoms with van der Waals surface area (Å²) in [5, 5.41) is 1.08. The second kappa shape index (κ2) is 13.4. The molecule has 0 aliphatic carbocycles. The normalized spacial score (nSPS) is 13.4. The predicted molar refractivity (Wildman–Crippen MR) is 188 cm³/mol. The van der Waals surface area contributed by atoms with E-state index in [0.717, 1.165) is 56.9 Å². The van der Waals surface area contributed by atoms with Crippen LogP contribution in [0.5, 0.6) is 11.5 Å². The van der Waals surface area contributed by atoms with Gasteiger partial charge in [-0.05, 0) is 90.7 Å². The number of methoxy groups -OCH3 is 2. The Balaban J connectivity index is 1.29. The Morgan fingerprint density at radius 3 is 1.85 bits per heavy atom. The van der Waals surface area contributed by atoms with E-state index >= 15 is 0 Å². The number of rotatable bonds is 11. The molecule has 1 N–H and O–H groups in total. The number of para-hydroxylation sites is 1. The van der Waals surface area contributed by atoms with Gasteiger partial charge in [-0.1, -0.05) is 66.7 Å². The third-order valence-electron chi connectivity index (χ3n) is 8.93. The second-order valence-electron chi connectivity index (χ2n) is 12.0. The maximum Gasteiger partial charge on any atom is 0.178 e. The van der Waals surface area contributed by atoms with Crippen molar-refractivity contribution in [1.82, 2.24) is 19.4 Å². The zero-order valence-corrected chi connectivity index (χ0v) is 27.2. The fourth-order valence-electron chi connectivity index (χ4n) is 6.47. The van der Waals surface area contributed by atoms with E-state index in [1.807, 2.05) is 30.3 Å². The average molecular weight is 630 g/mol. The Morgan fingerprint density at radius 1 is 0.717 bits per heavy atom. The van der Waals surface area contributed by atoms with Crippen molar-refractivity contribution < 1.29 is 9.47 Å². The van der Waals surface area contributed by atoms with Crippen LogP contribution in [0.15, 0.2) is 97.1 Å². The van der Waals surface area contributed by atoms with Gasteiger partial charge in [0.25, 0.3) is 0 Å². The Labute approximate surface area is 275 Å². The summed E-state index contributed by atoms with van der Waals surface area (Å²) in [6.45, 7) is 5.40. The van der Waals surface area contributed by atoms with Gasteiger partial charge in [-0.15, -0.1) is 0 Å². The molecule has 0 spiro atoms. The number of ether oxygens (including phenoxy) is 2. The molecule has 3 heterocycles. The van der Waals surface area contributed by atoms with Gasteiger partial charge in [-0.3, -0.25) is 4.90 Å². The van der Waals surface area contributed by atoms with E-state index in [1.54, 1.807) is 14.2 Å². The molecule has 1 fully saturated rings. The van der Waals surface area contributed by atoms with Crippen LogP contribution < -0.4 is 14.4 Å². The molecule has 0 saturated carbocycles. The molecule has 7 rings (SSSR count). The number of likely N-dealkylation sites (tertiary alicyclic amines) is 1. The summed E-state index contributed by atoms with van der Waals surface area (Å²) in [6, 6.07) is 33.8. The molecule has 0 radical (unpaired) electrons. The van der Waals surface area contributed by atoms with E-state index in [4.69, 9.17) is 26.7 Å². The minimum Gasteiger partial charge on any atom is -0.497 e. The van der Waals surface area contributed by atoms with E-state index < -0.39 is 0 Å². The van der Waals surface area contributed by atoms with E-state index in [0.29, 0.717) is 24.4 Å². The van der Waals surface area contributed by atoms with Crippen molar-refractivity contribution in [2.24, 2.45) is 0 Å². The first kappa shape index (κ1) is 30.0. The molecule has 7 nitrogen and oxygen atoms in total. The third-order valence-corrected chi connectivity index (χ3v) is 9.25. The average Bonchev–Trinajstić information content (AvgIpc) is 3.73. The lowest BCUT2D eigenvalue weighted by Gasteiger charge is -2.25. The first-order valence-corrected chi connectivity index (χ1v) is 16.3. The summed E-state index contributed by atoms with van der Waals surface area (Å²) in [7, 11) is 3.38. The summed E-state index contributed by atoms with van der Waals surface area (Å²) in [6.07, 6.45) is 2.61. The number of hydrogen-bond acceptors (Lipinski definition) is 6. The first-order chi connectivity index (χ1) is 22.6. The van der Waals surface area contributed by atoms with Gasteiger partial charge in [0, 0.05) is 25.0 Å². The monoisotopic (exact) mass is 629 g/mol. The number of imidazole rings is 1. The number of nitrogens with one attached hydrogen (secondary N) is 1. The molecular formula is C38H39N5O2S. The summed E-state index contributed by atoms with van der Waals surface area (Å²) < 4.78 is 13.8. The van der Waals surface area contributed by atoms with Gasteiger partial charge in [-0.2, -0.15) is 0 Å². The van der Waals surface area contributed by atoms with Gasteiger partial charge < -0.3 is 23.9 Å². The van der Waals surface area contributed by atoms with Gasteiger partial charge in [0.15, 0.2) is 10.6 Å². The van der Waals surface area contributed by atoms with Crippen molar-refractivity contribution in [3.63, 3.8) is 0 Å². The van der Waals surface area contributed by atoms with E-state index in [9.17, 15) is 0 Å². The maximum atomic E-state index is 6.02. The zero-order chi connectivity index (χ0) is 31.5. The minimum absolute atomic E-state index is 0.653. The second-order valence-corrected chi connectivity index (χ2v) is 12.4. The summed E-state index contributed by atoms with van der Waals surface area (Å²) in [5.41, 5.74) is 7.84. The van der Waals surface area contributed by atoms with Crippen LogP contribution in [0.25, 0.3) is 21.9 Å². The molecule has 1 aliphatic heterocycles. The number of benzene rings is 4. The molecule has 0 bridgehead atoms. The van der Waals surface area contributed by atoms with Crippen LogP contribution in [0.4, 0.5) is 5.82 Å². The highest BCUT2D eigenvalue weighted by atomic mass is 32.1. The van der Waals surface area contributed by atoms with Crippen LogP contribution in [-0.4, -0.2) is 46.7 Å². The molecular weight excluding hydrogens is 591 g/mol. The first-order valence-electron chi connectivity index (χ1n) is 15.9. The quantitative estimate of drug-likeness (QED) is 0.146. The van der Waals surface area contributed by atoms with Crippen molar-refractivity contribution in [1.29, 1.82) is 0 Å². The van der Waals surface area contributed by atoms with Crippen molar-refractivity contribution in [2.75, 3.05) is 32.2 Å². The van der Waals surface area contributed by atoms with Crippen LogP contribution in [-0.2, 0) is 26.2 Å². The molecule has 2 aromatic heterocycles. The third kappa shape index (κ3) is 6.36. The van der Waals surface area contributed by atoms with Crippen LogP contribution in [0.2, 0.25) is 0 Å². The predicted octanol–water partition coefficient (Wildman–Crippen LogP) is 8.12. The minimum atomic E-state index is 0.653. The fraction of sp³-hybridized carbons (Fsp3) is 0.263. The van der Waals surface area contributed by atoms with E-state index in [-0.39, 0.29) is 0 Å². The lowest BCUT2D eigenvalue weighted by molar-refractivity contribution is 0.331. The van der Waals surface area contributed by atoms with Crippen LogP contribution in [0.1, 0.15) is 35.1 Å². The van der Waals surface area contributed by atoms with E-state index in [1.165, 1.54) is 37.1 Å². The van der Waals surface area contributed by atoms with Gasteiger partial charge in [0.05, 0.1) is 31.8 Å². The highest BCUT2D eigenvalue weighted by molar-refractivity contribution is 7.71. The fourth-order valence-corrected chi connectivity index (χ4v) is 6.73. The smallest absolute Gasteiger partial charge is 0.178 e. The van der Waals surface area contributed by atoms with Gasteiger partial charge in [-0.25, -0.2) is 4.98 Å². The zero-order valence-electron chi connectivity index (χ0n) is 26.4. The molecule has 0 atom stereocenters. The highest BCUT2D eigenvalue weighted by Crippen LogP contribution is 2.34. The van der Waals surface area contributed by atoms with Gasteiger partial charge in [0.1, 0.15) is 17.0 Å². The van der Waals surface area contributed by atoms with Crippen molar-refractivity contribution in [3.05, 3.63) is 124 Å². The van der Waals surface area contributed by atoms with Crippen molar-refractivity contribution in [2.45, 2.75) is 39.0 Å². The summed E-state index contributed by atoms with van der Waals surface area (Å²) >= 11 is 6.02. The molecule has 1 saturated heterocycles. The molecule has 6 aromatic rings. The number of hydrogen-bond donors (Lipinski definition) is 1. The standard InChI is InChI=1S/C38H39N5O2S/c1-44-31-17-13-28(14-18-31)24-42(25-29-15-19-32(45-2)20-16-29)37-35-36(33-7-3-4-8-34(33)39-37)43(38(46)40-35)26-30-11-9-27(10-12-30)23-41-21-5-6-22-41/h3-4,7-20H,5-6,21-26H2,1-2H3,(H,40,46). The molecule has 8 heteroatoms. The molecule has 234 valence electrons. The van der Waals surface area contributed by atoms with Crippen molar-refractivity contribution in [3.8, 4) is 11.5 Å². The number of nitrogens with zero attached hydrogens (tertiary/aromatic N) is 4. The van der Waals surface area contributed by atoms with Crippen LogP contribution in [0, 0.1) is 4.77 Å². The Morgan fingerprint density at radius 2 is 1.26 bits per heavy atom. The van der Waals surface area contributed by atoms with Crippen LogP contribution in [0.3, 0.4) is 0 Å². The SMILES string of the molecule is COc1ccc(CN(Cc2ccc(OC)cc2)c2nc3ccccc3c3c2[nH]c(=S)n3Cc2ccc(CN3CCCC3)cc2)cc1. The number of fused-ring (bicyclic) bond motifs is 3. The van der Waals surface area contributed by atoms with Crippen molar-refractivity contribution >= 4 is 40.0 Å². The topological polar surface area (TPSA) is 58.6 Å². The highest BCUT2D eigenvalue weighted by Gasteiger charge is 2.21. The number of aromatic nitrogens is 3. The van der Waals surface area contributed by atoms with E-state index in [2.05, 4.69) is 86.1 Å². The maximum absolute atomic E-state index is 6.02.